The lowest BCUT2D eigenvalue weighted by molar-refractivity contribution is 0.170. The van der Waals surface area contributed by atoms with E-state index in [1.807, 2.05) is 0 Å². The standard InChI is InChI=1S/C18H20N4O4/c1-22-15(23)7-6-14-16(22)17(12(8-19)9-20-14)26-10-11-2-4-13(5-3-11)21-18(24)25/h6-7,9,11,13,21H,2-5,10H2,1H3,(H,24,25)/t11-,13-. The van der Waals surface area contributed by atoms with Crippen LogP contribution in [-0.2, 0) is 7.05 Å². The number of carbonyl (C=O) groups is 1. The van der Waals surface area contributed by atoms with Crippen LogP contribution in [0.2, 0.25) is 0 Å². The highest BCUT2D eigenvalue weighted by Crippen LogP contribution is 2.30. The Hall–Kier alpha value is -3.08. The maximum atomic E-state index is 12.0. The quantitative estimate of drug-likeness (QED) is 0.865. The van der Waals surface area contributed by atoms with Crippen LogP contribution in [0.3, 0.4) is 0 Å². The normalized spacial score (nSPS) is 19.7. The fraction of sp³-hybridized carbons (Fsp3) is 0.444. The van der Waals surface area contributed by atoms with Gasteiger partial charge in [0.2, 0.25) is 0 Å². The molecule has 0 spiro atoms. The molecular formula is C18H20N4O4. The molecule has 8 nitrogen and oxygen atoms in total. The van der Waals surface area contributed by atoms with Crippen molar-refractivity contribution in [1.29, 1.82) is 5.26 Å². The number of carboxylic acid groups (broad SMARTS) is 1. The van der Waals surface area contributed by atoms with Crippen LogP contribution in [0, 0.1) is 17.2 Å². The third-order valence-electron chi connectivity index (χ3n) is 4.84. The van der Waals surface area contributed by atoms with Gasteiger partial charge >= 0.3 is 6.09 Å². The van der Waals surface area contributed by atoms with E-state index < -0.39 is 6.09 Å². The summed E-state index contributed by atoms with van der Waals surface area (Å²) < 4.78 is 7.41. The zero-order valence-corrected chi connectivity index (χ0v) is 14.4. The van der Waals surface area contributed by atoms with Gasteiger partial charge in [-0.2, -0.15) is 5.26 Å². The van der Waals surface area contributed by atoms with E-state index in [1.165, 1.54) is 16.8 Å². The number of nitrogens with one attached hydrogen (secondary N) is 1. The van der Waals surface area contributed by atoms with E-state index >= 15 is 0 Å². The Balaban J connectivity index is 1.77. The van der Waals surface area contributed by atoms with E-state index in [0.29, 0.717) is 29.0 Å². The largest absolute Gasteiger partial charge is 0.490 e. The number of nitrogens with zero attached hydrogens (tertiary/aromatic N) is 3. The van der Waals surface area contributed by atoms with E-state index in [1.54, 1.807) is 13.1 Å². The van der Waals surface area contributed by atoms with Crippen LogP contribution in [0.5, 0.6) is 5.75 Å². The Morgan fingerprint density at radius 3 is 2.81 bits per heavy atom. The van der Waals surface area contributed by atoms with Crippen molar-refractivity contribution in [1.82, 2.24) is 14.9 Å². The van der Waals surface area contributed by atoms with Crippen LogP contribution >= 0.6 is 0 Å². The van der Waals surface area contributed by atoms with Gasteiger partial charge in [0.25, 0.3) is 5.56 Å². The number of hydrogen-bond acceptors (Lipinski definition) is 5. The van der Waals surface area contributed by atoms with Crippen LogP contribution < -0.4 is 15.6 Å². The van der Waals surface area contributed by atoms with Gasteiger partial charge < -0.3 is 19.7 Å². The molecule has 2 heterocycles. The number of aryl methyl sites for hydroxylation is 1. The van der Waals surface area contributed by atoms with Crippen molar-refractivity contribution in [3.8, 4) is 11.8 Å². The molecule has 0 bridgehead atoms. The number of nitriles is 1. The smallest absolute Gasteiger partial charge is 0.404 e. The fourth-order valence-corrected chi connectivity index (χ4v) is 3.39. The van der Waals surface area contributed by atoms with Gasteiger partial charge in [0.1, 0.15) is 17.1 Å². The molecule has 26 heavy (non-hydrogen) atoms. The lowest BCUT2D eigenvalue weighted by Crippen LogP contribution is -2.37. The number of fused-ring (bicyclic) bond motifs is 1. The summed E-state index contributed by atoms with van der Waals surface area (Å²) in [5.74, 6) is 0.654. The summed E-state index contributed by atoms with van der Waals surface area (Å²) in [6.45, 7) is 0.413. The van der Waals surface area contributed by atoms with E-state index in [0.717, 1.165) is 25.7 Å². The van der Waals surface area contributed by atoms with Crippen molar-refractivity contribution in [2.45, 2.75) is 31.7 Å². The SMILES string of the molecule is Cn1c(=O)ccc2ncc(C#N)c(OC[C@H]3CC[C@H](NC(=O)O)CC3)c21. The lowest BCUT2D eigenvalue weighted by atomic mass is 9.86. The van der Waals surface area contributed by atoms with Gasteiger partial charge in [-0.05, 0) is 37.7 Å². The predicted octanol–water partition coefficient (Wildman–Crippen LogP) is 2.01. The second-order valence-electron chi connectivity index (χ2n) is 6.56. The lowest BCUT2D eigenvalue weighted by Gasteiger charge is -2.28. The molecule has 1 saturated carbocycles. The first-order chi connectivity index (χ1) is 12.5. The molecule has 1 fully saturated rings. The first-order valence-corrected chi connectivity index (χ1v) is 8.50. The highest BCUT2D eigenvalue weighted by atomic mass is 16.5. The van der Waals surface area contributed by atoms with E-state index in [9.17, 15) is 14.9 Å². The number of hydrogen-bond donors (Lipinski definition) is 2. The molecule has 2 aromatic rings. The van der Waals surface area contributed by atoms with Gasteiger partial charge in [-0.25, -0.2) is 4.79 Å². The summed E-state index contributed by atoms with van der Waals surface area (Å²) in [5, 5.41) is 20.7. The van der Waals surface area contributed by atoms with Gasteiger partial charge in [0.05, 0.1) is 12.1 Å². The van der Waals surface area contributed by atoms with Crippen molar-refractivity contribution in [3.05, 3.63) is 34.2 Å². The fourth-order valence-electron chi connectivity index (χ4n) is 3.39. The van der Waals surface area contributed by atoms with Crippen molar-refractivity contribution in [2.75, 3.05) is 6.61 Å². The molecule has 2 aromatic heterocycles. The molecule has 3 rings (SSSR count). The van der Waals surface area contributed by atoms with Gasteiger partial charge in [0.15, 0.2) is 5.75 Å². The molecule has 0 unspecified atom stereocenters. The third-order valence-corrected chi connectivity index (χ3v) is 4.84. The minimum atomic E-state index is -0.993. The average molecular weight is 356 g/mol. The van der Waals surface area contributed by atoms with Crippen molar-refractivity contribution < 1.29 is 14.6 Å². The monoisotopic (exact) mass is 356 g/mol. The molecule has 0 aromatic carbocycles. The van der Waals surface area contributed by atoms with Crippen molar-refractivity contribution in [2.24, 2.45) is 13.0 Å². The molecule has 136 valence electrons. The highest BCUT2D eigenvalue weighted by Gasteiger charge is 2.23. The topological polar surface area (TPSA) is 117 Å². The number of rotatable bonds is 4. The van der Waals surface area contributed by atoms with Gasteiger partial charge in [-0.1, -0.05) is 0 Å². The van der Waals surface area contributed by atoms with Gasteiger partial charge in [-0.3, -0.25) is 9.78 Å². The average Bonchev–Trinajstić information content (AvgIpc) is 2.63. The summed E-state index contributed by atoms with van der Waals surface area (Å²) >= 11 is 0. The van der Waals surface area contributed by atoms with Crippen LogP contribution in [0.4, 0.5) is 4.79 Å². The number of amides is 1. The molecule has 0 aliphatic heterocycles. The van der Waals surface area contributed by atoms with Crippen LogP contribution in [0.15, 0.2) is 23.1 Å². The zero-order chi connectivity index (χ0) is 18.7. The molecule has 0 saturated heterocycles. The summed E-state index contributed by atoms with van der Waals surface area (Å²) in [4.78, 5) is 26.9. The van der Waals surface area contributed by atoms with E-state index in [-0.39, 0.29) is 17.5 Å². The Bertz CT molecular complexity index is 923. The first-order valence-electron chi connectivity index (χ1n) is 8.50. The van der Waals surface area contributed by atoms with Crippen molar-refractivity contribution >= 4 is 17.1 Å². The minimum absolute atomic E-state index is 0.0130. The number of ether oxygens (including phenoxy) is 1. The van der Waals surface area contributed by atoms with Crippen LogP contribution in [0.1, 0.15) is 31.2 Å². The minimum Gasteiger partial charge on any atom is -0.490 e. The van der Waals surface area contributed by atoms with E-state index in [4.69, 9.17) is 9.84 Å². The summed E-state index contributed by atoms with van der Waals surface area (Å²) in [5.41, 5.74) is 1.20. The third kappa shape index (κ3) is 3.61. The number of aromatic nitrogens is 2. The summed E-state index contributed by atoms with van der Waals surface area (Å²) in [6, 6.07) is 5.11. The molecular weight excluding hydrogens is 336 g/mol. The second-order valence-corrected chi connectivity index (χ2v) is 6.56. The Morgan fingerprint density at radius 2 is 2.15 bits per heavy atom. The molecule has 1 aliphatic carbocycles. The Kier molecular flexibility index (Phi) is 5.07. The van der Waals surface area contributed by atoms with Crippen molar-refractivity contribution in [3.63, 3.8) is 0 Å². The van der Waals surface area contributed by atoms with Gasteiger partial charge in [0, 0.05) is 25.4 Å². The second kappa shape index (κ2) is 7.44. The molecule has 0 atom stereocenters. The molecule has 2 N–H and O–H groups in total. The maximum absolute atomic E-state index is 12.0. The summed E-state index contributed by atoms with van der Waals surface area (Å²) in [6.07, 6.45) is 3.68. The maximum Gasteiger partial charge on any atom is 0.404 e. The molecule has 8 heteroatoms. The highest BCUT2D eigenvalue weighted by molar-refractivity contribution is 5.83. The molecule has 1 aliphatic rings. The Labute approximate surface area is 150 Å². The predicted molar refractivity (Wildman–Crippen MR) is 94.1 cm³/mol. The van der Waals surface area contributed by atoms with Crippen LogP contribution in [-0.4, -0.2) is 33.4 Å². The Morgan fingerprint density at radius 1 is 1.42 bits per heavy atom. The zero-order valence-electron chi connectivity index (χ0n) is 14.4. The first kappa shape index (κ1) is 17.7. The molecule has 0 radical (unpaired) electrons. The van der Waals surface area contributed by atoms with Gasteiger partial charge in [-0.15, -0.1) is 0 Å². The van der Waals surface area contributed by atoms with E-state index in [2.05, 4.69) is 16.4 Å². The number of pyridine rings is 2. The summed E-state index contributed by atoms with van der Waals surface area (Å²) in [7, 11) is 1.63. The van der Waals surface area contributed by atoms with Crippen LogP contribution in [0.25, 0.3) is 11.0 Å². The molecule has 1 amide bonds.